The molecule has 0 unspecified atom stereocenters. The molecule has 0 fully saturated rings. The van der Waals surface area contributed by atoms with Crippen molar-refractivity contribution in [1.29, 1.82) is 0 Å². The molecule has 0 aliphatic rings. The molecule has 0 radical (unpaired) electrons. The number of benzene rings is 1. The van der Waals surface area contributed by atoms with Gasteiger partial charge < -0.3 is 19.9 Å². The Kier molecular flexibility index (Phi) is 5.58. The molecule has 6 nitrogen and oxygen atoms in total. The third kappa shape index (κ3) is 3.74. The molecule has 1 aromatic rings. The van der Waals surface area contributed by atoms with Gasteiger partial charge in [-0.2, -0.15) is 0 Å². The SMILES string of the molecule is CCOC(=O)/C=C/c1cc(C(=O)OC)cc(OC)c1N. The van der Waals surface area contributed by atoms with Crippen LogP contribution in [0.4, 0.5) is 5.69 Å². The molecule has 0 atom stereocenters. The Morgan fingerprint density at radius 2 is 2.00 bits per heavy atom. The van der Waals surface area contributed by atoms with E-state index in [1.807, 2.05) is 0 Å². The normalized spacial score (nSPS) is 10.3. The Bertz CT molecular complexity index is 537. The highest BCUT2D eigenvalue weighted by Gasteiger charge is 2.12. The van der Waals surface area contributed by atoms with Crippen LogP contribution in [0.5, 0.6) is 5.75 Å². The van der Waals surface area contributed by atoms with Crippen molar-refractivity contribution >= 4 is 23.7 Å². The van der Waals surface area contributed by atoms with Crippen LogP contribution in [-0.4, -0.2) is 32.8 Å². The molecule has 0 saturated carbocycles. The zero-order valence-electron chi connectivity index (χ0n) is 11.6. The number of anilines is 1. The Balaban J connectivity index is 3.17. The van der Waals surface area contributed by atoms with Crippen molar-refractivity contribution in [2.45, 2.75) is 6.92 Å². The lowest BCUT2D eigenvalue weighted by Gasteiger charge is -2.10. The second kappa shape index (κ2) is 7.18. The Morgan fingerprint density at radius 1 is 1.30 bits per heavy atom. The first-order valence-corrected chi connectivity index (χ1v) is 5.94. The average molecular weight is 279 g/mol. The number of rotatable bonds is 5. The van der Waals surface area contributed by atoms with Gasteiger partial charge in [-0.25, -0.2) is 9.59 Å². The standard InChI is InChI=1S/C14H17NO5/c1-4-20-12(16)6-5-9-7-10(14(17)19-3)8-11(18-2)13(9)15/h5-8H,4,15H2,1-3H3/b6-5+. The average Bonchev–Trinajstić information content (AvgIpc) is 2.45. The molecule has 0 spiro atoms. The van der Waals surface area contributed by atoms with E-state index in [2.05, 4.69) is 4.74 Å². The minimum absolute atomic E-state index is 0.280. The number of nitrogens with two attached hydrogens (primary N) is 1. The summed E-state index contributed by atoms with van der Waals surface area (Å²) in [6.45, 7) is 1.99. The van der Waals surface area contributed by atoms with Gasteiger partial charge in [0.15, 0.2) is 0 Å². The highest BCUT2D eigenvalue weighted by atomic mass is 16.5. The minimum atomic E-state index is -0.519. The van der Waals surface area contributed by atoms with E-state index in [1.165, 1.54) is 38.5 Å². The van der Waals surface area contributed by atoms with Crippen molar-refractivity contribution in [3.63, 3.8) is 0 Å². The van der Waals surface area contributed by atoms with E-state index in [0.717, 1.165) is 0 Å². The number of ether oxygens (including phenoxy) is 3. The fraction of sp³-hybridized carbons (Fsp3) is 0.286. The van der Waals surface area contributed by atoms with Crippen LogP contribution in [0.3, 0.4) is 0 Å². The van der Waals surface area contributed by atoms with E-state index >= 15 is 0 Å². The van der Waals surface area contributed by atoms with Crippen molar-refractivity contribution in [2.24, 2.45) is 0 Å². The number of carbonyl (C=O) groups is 2. The number of carbonyl (C=O) groups excluding carboxylic acids is 2. The van der Waals surface area contributed by atoms with Gasteiger partial charge in [0.2, 0.25) is 0 Å². The summed E-state index contributed by atoms with van der Waals surface area (Å²) < 4.78 is 14.5. The van der Waals surface area contributed by atoms with Crippen LogP contribution < -0.4 is 10.5 Å². The van der Waals surface area contributed by atoms with Gasteiger partial charge in [0, 0.05) is 11.6 Å². The Labute approximate surface area is 117 Å². The number of hydrogen-bond donors (Lipinski definition) is 1. The summed E-state index contributed by atoms with van der Waals surface area (Å²) in [7, 11) is 2.71. The number of hydrogen-bond acceptors (Lipinski definition) is 6. The van der Waals surface area contributed by atoms with E-state index in [0.29, 0.717) is 17.0 Å². The largest absolute Gasteiger partial charge is 0.495 e. The molecule has 2 N–H and O–H groups in total. The monoisotopic (exact) mass is 279 g/mol. The van der Waals surface area contributed by atoms with Crippen LogP contribution in [0, 0.1) is 0 Å². The second-order valence-corrected chi connectivity index (χ2v) is 3.76. The Morgan fingerprint density at radius 3 is 2.55 bits per heavy atom. The van der Waals surface area contributed by atoms with Crippen LogP contribution in [0.2, 0.25) is 0 Å². The van der Waals surface area contributed by atoms with Crippen LogP contribution in [0.1, 0.15) is 22.8 Å². The highest BCUT2D eigenvalue weighted by molar-refractivity contribution is 5.94. The van der Waals surface area contributed by atoms with Crippen LogP contribution in [0.25, 0.3) is 6.08 Å². The van der Waals surface area contributed by atoms with Crippen LogP contribution in [-0.2, 0) is 14.3 Å². The molecule has 6 heteroatoms. The summed E-state index contributed by atoms with van der Waals surface area (Å²) in [5.74, 6) is -0.681. The molecule has 0 aliphatic heterocycles. The molecule has 1 rings (SSSR count). The first-order chi connectivity index (χ1) is 9.53. The maximum Gasteiger partial charge on any atom is 0.338 e. The predicted octanol–water partition coefficient (Wildman–Crippen LogP) is 1.64. The van der Waals surface area contributed by atoms with Gasteiger partial charge in [-0.1, -0.05) is 0 Å². The first-order valence-electron chi connectivity index (χ1n) is 5.94. The van der Waals surface area contributed by atoms with Crippen molar-refractivity contribution in [1.82, 2.24) is 0 Å². The fourth-order valence-corrected chi connectivity index (χ4v) is 1.54. The third-order valence-corrected chi connectivity index (χ3v) is 2.50. The van der Waals surface area contributed by atoms with Crippen molar-refractivity contribution < 1.29 is 23.8 Å². The summed E-state index contributed by atoms with van der Waals surface area (Å²) in [6, 6.07) is 2.99. The Hall–Kier alpha value is -2.50. The van der Waals surface area contributed by atoms with Gasteiger partial charge in [-0.15, -0.1) is 0 Å². The molecular formula is C14H17NO5. The summed E-state index contributed by atoms with van der Waals surface area (Å²) in [5.41, 5.74) is 6.95. The third-order valence-electron chi connectivity index (χ3n) is 2.50. The molecule has 1 aromatic carbocycles. The summed E-state index contributed by atoms with van der Waals surface area (Å²) >= 11 is 0. The molecular weight excluding hydrogens is 262 g/mol. The van der Waals surface area contributed by atoms with E-state index in [9.17, 15) is 9.59 Å². The molecule has 0 aliphatic carbocycles. The van der Waals surface area contributed by atoms with E-state index < -0.39 is 11.9 Å². The lowest BCUT2D eigenvalue weighted by molar-refractivity contribution is -0.137. The van der Waals surface area contributed by atoms with E-state index in [1.54, 1.807) is 6.92 Å². The van der Waals surface area contributed by atoms with Crippen molar-refractivity contribution in [3.05, 3.63) is 29.3 Å². The van der Waals surface area contributed by atoms with Gasteiger partial charge >= 0.3 is 11.9 Å². The maximum absolute atomic E-state index is 11.6. The number of nitrogen functional groups attached to an aromatic ring is 1. The lowest BCUT2D eigenvalue weighted by Crippen LogP contribution is -2.05. The van der Waals surface area contributed by atoms with Crippen LogP contribution >= 0.6 is 0 Å². The van der Waals surface area contributed by atoms with E-state index in [-0.39, 0.29) is 12.2 Å². The first kappa shape index (κ1) is 15.6. The van der Waals surface area contributed by atoms with Gasteiger partial charge in [-0.3, -0.25) is 0 Å². The van der Waals surface area contributed by atoms with Gasteiger partial charge in [0.25, 0.3) is 0 Å². The van der Waals surface area contributed by atoms with Crippen molar-refractivity contribution in [3.8, 4) is 5.75 Å². The lowest BCUT2D eigenvalue weighted by atomic mass is 10.1. The molecule has 0 bridgehead atoms. The summed E-state index contributed by atoms with van der Waals surface area (Å²) in [4.78, 5) is 22.8. The summed E-state index contributed by atoms with van der Waals surface area (Å²) in [5, 5.41) is 0. The van der Waals surface area contributed by atoms with Gasteiger partial charge in [-0.05, 0) is 25.1 Å². The van der Waals surface area contributed by atoms with Crippen molar-refractivity contribution in [2.75, 3.05) is 26.6 Å². The van der Waals surface area contributed by atoms with E-state index in [4.69, 9.17) is 15.2 Å². The van der Waals surface area contributed by atoms with Gasteiger partial charge in [0.05, 0.1) is 32.1 Å². The van der Waals surface area contributed by atoms with Gasteiger partial charge in [0.1, 0.15) is 5.75 Å². The molecule has 108 valence electrons. The smallest absolute Gasteiger partial charge is 0.338 e. The quantitative estimate of drug-likeness (QED) is 0.501. The topological polar surface area (TPSA) is 87.9 Å². The zero-order chi connectivity index (χ0) is 15.1. The minimum Gasteiger partial charge on any atom is -0.495 e. The zero-order valence-corrected chi connectivity index (χ0v) is 11.6. The van der Waals surface area contributed by atoms with Crippen LogP contribution in [0.15, 0.2) is 18.2 Å². The molecule has 0 aromatic heterocycles. The predicted molar refractivity (Wildman–Crippen MR) is 74.4 cm³/mol. The highest BCUT2D eigenvalue weighted by Crippen LogP contribution is 2.28. The number of methoxy groups -OCH3 is 2. The molecule has 20 heavy (non-hydrogen) atoms. The molecule has 0 amide bonds. The second-order valence-electron chi connectivity index (χ2n) is 3.76. The summed E-state index contributed by atoms with van der Waals surface area (Å²) in [6.07, 6.45) is 2.69. The maximum atomic E-state index is 11.6. The fourth-order valence-electron chi connectivity index (χ4n) is 1.54. The molecule has 0 saturated heterocycles. The number of esters is 2. The molecule has 0 heterocycles.